The highest BCUT2D eigenvalue weighted by Crippen LogP contribution is 2.33. The first kappa shape index (κ1) is 16.3. The minimum absolute atomic E-state index is 0.358. The van der Waals surface area contributed by atoms with E-state index in [0.29, 0.717) is 11.5 Å². The van der Waals surface area contributed by atoms with Crippen molar-refractivity contribution in [2.45, 2.75) is 26.4 Å². The first-order valence-corrected chi connectivity index (χ1v) is 8.48. The van der Waals surface area contributed by atoms with E-state index < -0.39 is 5.60 Å². The largest absolute Gasteiger partial charge is 0.456 e. The minimum Gasteiger partial charge on any atom is -0.456 e. The highest BCUT2D eigenvalue weighted by Gasteiger charge is 2.23. The van der Waals surface area contributed by atoms with E-state index in [9.17, 15) is 4.79 Å². The molecule has 0 aliphatic rings. The molecular weight excluding hydrogens is 326 g/mol. The summed E-state index contributed by atoms with van der Waals surface area (Å²) in [6, 6.07) is 15.4. The maximum atomic E-state index is 12.9. The summed E-state index contributed by atoms with van der Waals surface area (Å²) < 4.78 is 7.55. The number of fused-ring (bicyclic) bond motifs is 3. The Morgan fingerprint density at radius 2 is 1.62 bits per heavy atom. The number of carbonyl (C=O) groups excluding carboxylic acids is 1. The van der Waals surface area contributed by atoms with Crippen molar-refractivity contribution in [1.82, 2.24) is 14.5 Å². The molecule has 4 aromatic rings. The van der Waals surface area contributed by atoms with E-state index in [1.165, 1.54) is 0 Å². The Hall–Kier alpha value is -3.21. The van der Waals surface area contributed by atoms with Gasteiger partial charge in [0, 0.05) is 23.2 Å². The third kappa shape index (κ3) is 2.71. The summed E-state index contributed by atoms with van der Waals surface area (Å²) in [5, 5.41) is 2.01. The summed E-state index contributed by atoms with van der Waals surface area (Å²) in [7, 11) is 0. The van der Waals surface area contributed by atoms with Crippen molar-refractivity contribution in [2.24, 2.45) is 0 Å². The molecule has 2 aromatic carbocycles. The smallest absolute Gasteiger partial charge is 0.340 e. The Morgan fingerprint density at radius 3 is 2.35 bits per heavy atom. The van der Waals surface area contributed by atoms with Crippen molar-refractivity contribution in [2.75, 3.05) is 0 Å². The van der Waals surface area contributed by atoms with Gasteiger partial charge in [-0.1, -0.05) is 30.3 Å². The molecule has 0 saturated heterocycles. The molecule has 0 fully saturated rings. The quantitative estimate of drug-likeness (QED) is 0.501. The molecule has 5 heteroatoms. The van der Waals surface area contributed by atoms with E-state index in [1.54, 1.807) is 24.5 Å². The van der Waals surface area contributed by atoms with Gasteiger partial charge in [0.05, 0.1) is 16.6 Å². The average Bonchev–Trinajstić information content (AvgIpc) is 2.95. The van der Waals surface area contributed by atoms with Crippen LogP contribution in [0.2, 0.25) is 0 Å². The number of hydrogen-bond acceptors (Lipinski definition) is 4. The van der Waals surface area contributed by atoms with Crippen LogP contribution in [0, 0.1) is 0 Å². The lowest BCUT2D eigenvalue weighted by atomic mass is 10.1. The lowest BCUT2D eigenvalue weighted by Crippen LogP contribution is -2.24. The molecule has 4 rings (SSSR count). The van der Waals surface area contributed by atoms with Crippen LogP contribution in [0.4, 0.5) is 0 Å². The number of hydrogen-bond donors (Lipinski definition) is 0. The van der Waals surface area contributed by atoms with Crippen LogP contribution in [0.1, 0.15) is 31.1 Å². The summed E-state index contributed by atoms with van der Waals surface area (Å²) in [5.41, 5.74) is 1.64. The molecule has 5 nitrogen and oxygen atoms in total. The SMILES string of the molecule is CC(C)(C)OC(=O)c1cccc2c3ccccc3n(-c3ncccn3)c12. The van der Waals surface area contributed by atoms with Crippen molar-refractivity contribution in [3.05, 3.63) is 66.5 Å². The number of benzene rings is 2. The second-order valence-electron chi connectivity index (χ2n) is 7.10. The van der Waals surface area contributed by atoms with Gasteiger partial charge in [-0.15, -0.1) is 0 Å². The Kier molecular flexibility index (Phi) is 3.72. The average molecular weight is 345 g/mol. The van der Waals surface area contributed by atoms with Crippen LogP contribution in [0.5, 0.6) is 0 Å². The Labute approximate surface area is 151 Å². The topological polar surface area (TPSA) is 57.0 Å². The molecule has 0 saturated carbocycles. The molecule has 130 valence electrons. The van der Waals surface area contributed by atoms with Crippen LogP contribution in [0.15, 0.2) is 60.9 Å². The van der Waals surface area contributed by atoms with Gasteiger partial charge in [-0.3, -0.25) is 4.57 Å². The van der Waals surface area contributed by atoms with E-state index in [0.717, 1.165) is 21.8 Å². The molecule has 2 aromatic heterocycles. The van der Waals surface area contributed by atoms with E-state index >= 15 is 0 Å². The van der Waals surface area contributed by atoms with Gasteiger partial charge in [0.2, 0.25) is 5.95 Å². The fraction of sp³-hybridized carbons (Fsp3) is 0.190. The summed E-state index contributed by atoms with van der Waals surface area (Å²) in [6.07, 6.45) is 3.39. The van der Waals surface area contributed by atoms with Crippen LogP contribution < -0.4 is 0 Å². The molecule has 26 heavy (non-hydrogen) atoms. The second kappa shape index (κ2) is 5.95. The number of ether oxygens (including phenoxy) is 1. The lowest BCUT2D eigenvalue weighted by Gasteiger charge is -2.20. The molecule has 0 amide bonds. The van der Waals surface area contributed by atoms with E-state index in [2.05, 4.69) is 9.97 Å². The zero-order chi connectivity index (χ0) is 18.3. The fourth-order valence-corrected chi connectivity index (χ4v) is 3.13. The number of aromatic nitrogens is 3. The standard InChI is InChI=1S/C21H19N3O2/c1-21(2,3)26-19(25)16-10-6-9-15-14-8-4-5-11-17(14)24(18(15)16)20-22-12-7-13-23-20/h4-13H,1-3H3. The third-order valence-electron chi connectivity index (χ3n) is 4.07. The highest BCUT2D eigenvalue weighted by atomic mass is 16.6. The first-order chi connectivity index (χ1) is 12.5. The second-order valence-corrected chi connectivity index (χ2v) is 7.10. The van der Waals surface area contributed by atoms with Crippen LogP contribution in [-0.2, 0) is 4.74 Å². The summed E-state index contributed by atoms with van der Waals surface area (Å²) in [5.74, 6) is 0.165. The minimum atomic E-state index is -0.570. The lowest BCUT2D eigenvalue weighted by molar-refractivity contribution is 0.00715. The maximum absolute atomic E-state index is 12.9. The van der Waals surface area contributed by atoms with Gasteiger partial charge in [-0.2, -0.15) is 0 Å². The van der Waals surface area contributed by atoms with Gasteiger partial charge in [0.1, 0.15) is 5.60 Å². The molecule has 0 unspecified atom stereocenters. The van der Waals surface area contributed by atoms with Crippen molar-refractivity contribution in [3.63, 3.8) is 0 Å². The summed E-state index contributed by atoms with van der Waals surface area (Å²) in [4.78, 5) is 21.7. The summed E-state index contributed by atoms with van der Waals surface area (Å²) in [6.45, 7) is 5.59. The van der Waals surface area contributed by atoms with Gasteiger partial charge >= 0.3 is 5.97 Å². The van der Waals surface area contributed by atoms with E-state index in [-0.39, 0.29) is 5.97 Å². The summed E-state index contributed by atoms with van der Waals surface area (Å²) >= 11 is 0. The molecule has 0 spiro atoms. The van der Waals surface area contributed by atoms with Gasteiger partial charge in [-0.25, -0.2) is 14.8 Å². The van der Waals surface area contributed by atoms with Crippen LogP contribution in [-0.4, -0.2) is 26.1 Å². The van der Waals surface area contributed by atoms with Crippen molar-refractivity contribution < 1.29 is 9.53 Å². The van der Waals surface area contributed by atoms with E-state index in [1.807, 2.05) is 61.7 Å². The highest BCUT2D eigenvalue weighted by molar-refractivity contribution is 6.15. The molecule has 0 N–H and O–H groups in total. The van der Waals surface area contributed by atoms with Crippen molar-refractivity contribution >= 4 is 27.8 Å². The maximum Gasteiger partial charge on any atom is 0.340 e. The van der Waals surface area contributed by atoms with Crippen molar-refractivity contribution in [1.29, 1.82) is 0 Å². The molecular formula is C21H19N3O2. The Balaban J connectivity index is 2.08. The Morgan fingerprint density at radius 1 is 0.923 bits per heavy atom. The van der Waals surface area contributed by atoms with Gasteiger partial charge in [-0.05, 0) is 39.0 Å². The Bertz CT molecular complexity index is 1110. The molecule has 0 atom stereocenters. The van der Waals surface area contributed by atoms with Crippen LogP contribution in [0.25, 0.3) is 27.8 Å². The third-order valence-corrected chi connectivity index (χ3v) is 4.07. The van der Waals surface area contributed by atoms with Crippen LogP contribution in [0.3, 0.4) is 0 Å². The normalized spacial score (nSPS) is 11.8. The number of esters is 1. The molecule has 0 bridgehead atoms. The predicted molar refractivity (Wildman–Crippen MR) is 102 cm³/mol. The van der Waals surface area contributed by atoms with Crippen LogP contribution >= 0.6 is 0 Å². The number of carbonyl (C=O) groups is 1. The zero-order valence-electron chi connectivity index (χ0n) is 14.9. The number of para-hydroxylation sites is 2. The molecule has 0 aliphatic carbocycles. The first-order valence-electron chi connectivity index (χ1n) is 8.48. The monoisotopic (exact) mass is 345 g/mol. The van der Waals surface area contributed by atoms with Crippen molar-refractivity contribution in [3.8, 4) is 5.95 Å². The van der Waals surface area contributed by atoms with Gasteiger partial charge in [0.15, 0.2) is 0 Å². The molecule has 0 radical (unpaired) electrons. The molecule has 2 heterocycles. The number of rotatable bonds is 2. The predicted octanol–water partition coefficient (Wildman–Crippen LogP) is 4.53. The fourth-order valence-electron chi connectivity index (χ4n) is 3.13. The number of nitrogens with zero attached hydrogens (tertiary/aromatic N) is 3. The van der Waals surface area contributed by atoms with Gasteiger partial charge < -0.3 is 4.74 Å². The van der Waals surface area contributed by atoms with E-state index in [4.69, 9.17) is 4.74 Å². The zero-order valence-corrected chi connectivity index (χ0v) is 14.9. The molecule has 0 aliphatic heterocycles. The van der Waals surface area contributed by atoms with Gasteiger partial charge in [0.25, 0.3) is 0 Å².